The van der Waals surface area contributed by atoms with Crippen LogP contribution in [0.25, 0.3) is 11.0 Å². The molecule has 0 fully saturated rings. The molecule has 0 amide bonds. The summed E-state index contributed by atoms with van der Waals surface area (Å²) in [6, 6.07) is 11.4. The highest BCUT2D eigenvalue weighted by Gasteiger charge is 2.15. The number of hydrogen-bond acceptors (Lipinski definition) is 4. The minimum absolute atomic E-state index is 0.207. The third-order valence-corrected chi connectivity index (χ3v) is 3.46. The first-order chi connectivity index (χ1) is 10.5. The van der Waals surface area contributed by atoms with Crippen molar-refractivity contribution in [3.05, 3.63) is 65.0 Å². The predicted octanol–water partition coefficient (Wildman–Crippen LogP) is 3.77. The van der Waals surface area contributed by atoms with Gasteiger partial charge in [0, 0.05) is 0 Å². The van der Waals surface area contributed by atoms with E-state index in [0.717, 1.165) is 22.2 Å². The van der Waals surface area contributed by atoms with Crippen molar-refractivity contribution in [2.24, 2.45) is 0 Å². The molecule has 0 saturated heterocycles. The molecule has 1 aromatic heterocycles. The smallest absolute Gasteiger partial charge is 0.363 e. The van der Waals surface area contributed by atoms with Gasteiger partial charge in [-0.3, -0.25) is 4.98 Å². The zero-order valence-electron chi connectivity index (χ0n) is 12.8. The average Bonchev–Trinajstić information content (AvgIpc) is 2.50. The SMILES string of the molecule is Cc1cc(C)c(OC(=O)c2cnc3ccccc3n2)c(C)c1. The van der Waals surface area contributed by atoms with Crippen LogP contribution in [0.2, 0.25) is 0 Å². The van der Waals surface area contributed by atoms with E-state index < -0.39 is 5.97 Å². The summed E-state index contributed by atoms with van der Waals surface area (Å²) in [6.45, 7) is 5.86. The van der Waals surface area contributed by atoms with E-state index in [4.69, 9.17) is 4.74 Å². The van der Waals surface area contributed by atoms with Gasteiger partial charge in [-0.05, 0) is 44.0 Å². The van der Waals surface area contributed by atoms with Gasteiger partial charge in [0.1, 0.15) is 5.75 Å². The van der Waals surface area contributed by atoms with Gasteiger partial charge in [-0.15, -0.1) is 0 Å². The maximum atomic E-state index is 12.3. The number of para-hydroxylation sites is 2. The molecule has 0 atom stereocenters. The standard InChI is InChI=1S/C18H16N2O2/c1-11-8-12(2)17(13(3)9-11)22-18(21)16-10-19-14-6-4-5-7-15(14)20-16/h4-10H,1-3H3. The van der Waals surface area contributed by atoms with E-state index in [1.54, 1.807) is 0 Å². The number of fused-ring (bicyclic) bond motifs is 1. The van der Waals surface area contributed by atoms with Crippen LogP contribution in [-0.4, -0.2) is 15.9 Å². The van der Waals surface area contributed by atoms with Crippen molar-refractivity contribution >= 4 is 17.0 Å². The highest BCUT2D eigenvalue weighted by Crippen LogP contribution is 2.25. The highest BCUT2D eigenvalue weighted by molar-refractivity contribution is 5.91. The number of carbonyl (C=O) groups is 1. The fraction of sp³-hybridized carbons (Fsp3) is 0.167. The van der Waals surface area contributed by atoms with Crippen LogP contribution in [-0.2, 0) is 0 Å². The summed E-state index contributed by atoms with van der Waals surface area (Å²) in [5.41, 5.74) is 4.63. The van der Waals surface area contributed by atoms with Crippen LogP contribution < -0.4 is 4.74 Å². The number of carbonyl (C=O) groups excluding carboxylic acids is 1. The summed E-state index contributed by atoms with van der Waals surface area (Å²) < 4.78 is 5.52. The summed E-state index contributed by atoms with van der Waals surface area (Å²) in [7, 11) is 0. The summed E-state index contributed by atoms with van der Waals surface area (Å²) in [5.74, 6) is 0.0962. The van der Waals surface area contributed by atoms with Crippen LogP contribution in [0.3, 0.4) is 0 Å². The number of hydrogen-bond donors (Lipinski definition) is 0. The molecule has 3 rings (SSSR count). The Hall–Kier alpha value is -2.75. The molecular weight excluding hydrogens is 276 g/mol. The minimum Gasteiger partial charge on any atom is -0.421 e. The molecule has 0 saturated carbocycles. The lowest BCUT2D eigenvalue weighted by Gasteiger charge is -2.11. The zero-order chi connectivity index (χ0) is 15.7. The van der Waals surface area contributed by atoms with Gasteiger partial charge in [0.15, 0.2) is 5.69 Å². The first-order valence-electron chi connectivity index (χ1n) is 7.06. The van der Waals surface area contributed by atoms with Crippen molar-refractivity contribution in [3.8, 4) is 5.75 Å². The van der Waals surface area contributed by atoms with Crippen molar-refractivity contribution in [2.45, 2.75) is 20.8 Å². The summed E-state index contributed by atoms with van der Waals surface area (Å²) in [5, 5.41) is 0. The van der Waals surface area contributed by atoms with Crippen LogP contribution in [0, 0.1) is 20.8 Å². The Labute approximate surface area is 128 Å². The Morgan fingerprint density at radius 2 is 1.64 bits per heavy atom. The fourth-order valence-electron chi connectivity index (χ4n) is 2.53. The van der Waals surface area contributed by atoms with Crippen LogP contribution in [0.15, 0.2) is 42.6 Å². The second-order valence-electron chi connectivity index (χ2n) is 5.36. The molecule has 0 unspecified atom stereocenters. The lowest BCUT2D eigenvalue weighted by Crippen LogP contribution is -2.12. The second-order valence-corrected chi connectivity index (χ2v) is 5.36. The molecule has 2 aromatic carbocycles. The van der Waals surface area contributed by atoms with Crippen molar-refractivity contribution in [1.29, 1.82) is 0 Å². The topological polar surface area (TPSA) is 52.1 Å². The molecule has 0 N–H and O–H groups in total. The average molecular weight is 292 g/mol. The van der Waals surface area contributed by atoms with Gasteiger partial charge in [-0.1, -0.05) is 29.8 Å². The molecule has 0 spiro atoms. The molecule has 0 bridgehead atoms. The number of aryl methyl sites for hydroxylation is 3. The second kappa shape index (κ2) is 5.56. The number of aromatic nitrogens is 2. The third-order valence-electron chi connectivity index (χ3n) is 3.46. The Bertz CT molecular complexity index is 849. The Balaban J connectivity index is 1.93. The van der Waals surface area contributed by atoms with Crippen LogP contribution in [0.1, 0.15) is 27.2 Å². The highest BCUT2D eigenvalue weighted by atomic mass is 16.5. The van der Waals surface area contributed by atoms with Gasteiger partial charge >= 0.3 is 5.97 Å². The summed E-state index contributed by atoms with van der Waals surface area (Å²) in [6.07, 6.45) is 1.45. The number of benzene rings is 2. The molecule has 0 radical (unpaired) electrons. The zero-order valence-corrected chi connectivity index (χ0v) is 12.8. The number of nitrogens with zero attached hydrogens (tertiary/aromatic N) is 2. The Morgan fingerprint density at radius 3 is 2.32 bits per heavy atom. The van der Waals surface area contributed by atoms with E-state index in [0.29, 0.717) is 11.3 Å². The van der Waals surface area contributed by atoms with Crippen LogP contribution in [0.4, 0.5) is 0 Å². The quantitative estimate of drug-likeness (QED) is 0.533. The molecule has 4 heteroatoms. The molecule has 110 valence electrons. The number of rotatable bonds is 2. The largest absolute Gasteiger partial charge is 0.421 e. The van der Waals surface area contributed by atoms with Crippen molar-refractivity contribution in [2.75, 3.05) is 0 Å². The maximum absolute atomic E-state index is 12.3. The van der Waals surface area contributed by atoms with E-state index >= 15 is 0 Å². The third kappa shape index (κ3) is 2.68. The molecule has 1 heterocycles. The van der Waals surface area contributed by atoms with Crippen LogP contribution >= 0.6 is 0 Å². The van der Waals surface area contributed by atoms with Gasteiger partial charge in [-0.25, -0.2) is 9.78 Å². The Kier molecular flexibility index (Phi) is 3.59. The predicted molar refractivity (Wildman–Crippen MR) is 85.1 cm³/mol. The summed E-state index contributed by atoms with van der Waals surface area (Å²) >= 11 is 0. The van der Waals surface area contributed by atoms with E-state index in [1.807, 2.05) is 57.2 Å². The molecular formula is C18H16N2O2. The van der Waals surface area contributed by atoms with Crippen molar-refractivity contribution in [1.82, 2.24) is 9.97 Å². The Morgan fingerprint density at radius 1 is 1.00 bits per heavy atom. The van der Waals surface area contributed by atoms with Crippen molar-refractivity contribution in [3.63, 3.8) is 0 Å². The first kappa shape index (κ1) is 14.2. The van der Waals surface area contributed by atoms with E-state index in [9.17, 15) is 4.79 Å². The molecule has 3 aromatic rings. The molecule has 4 nitrogen and oxygen atoms in total. The van der Waals surface area contributed by atoms with Gasteiger partial charge in [0.2, 0.25) is 0 Å². The van der Waals surface area contributed by atoms with Gasteiger partial charge in [0.05, 0.1) is 17.2 Å². The molecule has 0 aliphatic rings. The lowest BCUT2D eigenvalue weighted by molar-refractivity contribution is 0.0726. The number of esters is 1. The van der Waals surface area contributed by atoms with E-state index in [-0.39, 0.29) is 5.69 Å². The fourth-order valence-corrected chi connectivity index (χ4v) is 2.53. The monoisotopic (exact) mass is 292 g/mol. The minimum atomic E-state index is -0.492. The first-order valence-corrected chi connectivity index (χ1v) is 7.06. The van der Waals surface area contributed by atoms with Gasteiger partial charge < -0.3 is 4.74 Å². The van der Waals surface area contributed by atoms with Gasteiger partial charge in [0.25, 0.3) is 0 Å². The normalized spacial score (nSPS) is 10.7. The lowest BCUT2D eigenvalue weighted by atomic mass is 10.1. The number of ether oxygens (including phenoxy) is 1. The van der Waals surface area contributed by atoms with Crippen molar-refractivity contribution < 1.29 is 9.53 Å². The molecule has 0 aliphatic heterocycles. The van der Waals surface area contributed by atoms with E-state index in [1.165, 1.54) is 6.20 Å². The summed E-state index contributed by atoms with van der Waals surface area (Å²) in [4.78, 5) is 20.9. The molecule has 0 aliphatic carbocycles. The molecule has 22 heavy (non-hydrogen) atoms. The van der Waals surface area contributed by atoms with Gasteiger partial charge in [-0.2, -0.15) is 0 Å². The van der Waals surface area contributed by atoms with Crippen LogP contribution in [0.5, 0.6) is 5.75 Å². The van der Waals surface area contributed by atoms with E-state index in [2.05, 4.69) is 9.97 Å². The maximum Gasteiger partial charge on any atom is 0.363 e.